The maximum atomic E-state index is 6.05. The van der Waals surface area contributed by atoms with Crippen LogP contribution in [0.4, 0.5) is 5.82 Å². The summed E-state index contributed by atoms with van der Waals surface area (Å²) >= 11 is 8.16. The van der Waals surface area contributed by atoms with Crippen molar-refractivity contribution in [1.82, 2.24) is 8.10 Å². The van der Waals surface area contributed by atoms with E-state index in [9.17, 15) is 0 Å². The number of rotatable bonds is 0. The normalized spacial score (nSPS) is 22.0. The number of nitrogens with zero attached hydrogens (tertiary/aromatic N) is 2. The van der Waals surface area contributed by atoms with Gasteiger partial charge in [0.2, 0.25) is 0 Å². The van der Waals surface area contributed by atoms with E-state index in [1.807, 2.05) is 15.4 Å². The molecule has 0 aliphatic carbocycles. The molecule has 58 valence electrons. The molecule has 1 unspecified atom stereocenters. The third-order valence-electron chi connectivity index (χ3n) is 1.53. The molecule has 0 saturated heterocycles. The highest BCUT2D eigenvalue weighted by molar-refractivity contribution is 14.1. The number of hydrogen-bond donors (Lipinski definition) is 1. The smallest absolute Gasteiger partial charge is 0.143 e. The SMILES string of the molecule is ClC1c2cc[nH]c2N=CN1I. The molecule has 1 N–H and O–H groups in total. The fraction of sp³-hybridized carbons (Fsp3) is 0.167. The summed E-state index contributed by atoms with van der Waals surface area (Å²) in [7, 11) is 0. The Bertz CT molecular complexity index is 296. The maximum Gasteiger partial charge on any atom is 0.143 e. The zero-order valence-corrected chi connectivity index (χ0v) is 8.37. The summed E-state index contributed by atoms with van der Waals surface area (Å²) < 4.78 is 1.83. The number of hydrogen-bond acceptors (Lipinski definition) is 2. The van der Waals surface area contributed by atoms with E-state index in [1.165, 1.54) is 0 Å². The van der Waals surface area contributed by atoms with Crippen molar-refractivity contribution in [2.75, 3.05) is 0 Å². The number of halogens is 2. The van der Waals surface area contributed by atoms with Crippen LogP contribution in [0, 0.1) is 0 Å². The van der Waals surface area contributed by atoms with Crippen molar-refractivity contribution in [2.45, 2.75) is 5.50 Å². The van der Waals surface area contributed by atoms with Gasteiger partial charge in [0, 0.05) is 11.8 Å². The van der Waals surface area contributed by atoms with E-state index in [0.717, 1.165) is 11.4 Å². The Kier molecular flexibility index (Phi) is 1.80. The Balaban J connectivity index is 2.48. The van der Waals surface area contributed by atoms with E-state index in [1.54, 1.807) is 6.34 Å². The van der Waals surface area contributed by atoms with E-state index in [4.69, 9.17) is 11.6 Å². The van der Waals surface area contributed by atoms with Crippen molar-refractivity contribution in [2.24, 2.45) is 4.99 Å². The lowest BCUT2D eigenvalue weighted by atomic mass is 10.3. The summed E-state index contributed by atoms with van der Waals surface area (Å²) in [6.07, 6.45) is 3.55. The number of fused-ring (bicyclic) bond motifs is 1. The highest BCUT2D eigenvalue weighted by Gasteiger charge is 2.20. The molecule has 0 aromatic carbocycles. The molecule has 1 atom stereocenters. The van der Waals surface area contributed by atoms with Crippen LogP contribution in [0.25, 0.3) is 0 Å². The molecule has 0 amide bonds. The van der Waals surface area contributed by atoms with Gasteiger partial charge in [0.05, 0.1) is 22.9 Å². The van der Waals surface area contributed by atoms with Gasteiger partial charge in [-0.05, 0) is 6.07 Å². The molecular weight excluding hydrogens is 276 g/mol. The molecule has 1 aromatic rings. The monoisotopic (exact) mass is 281 g/mol. The summed E-state index contributed by atoms with van der Waals surface area (Å²) in [5, 5.41) is 0. The van der Waals surface area contributed by atoms with Crippen molar-refractivity contribution in [3.63, 3.8) is 0 Å². The van der Waals surface area contributed by atoms with Gasteiger partial charge in [0.15, 0.2) is 0 Å². The molecule has 1 aliphatic rings. The lowest BCUT2D eigenvalue weighted by molar-refractivity contribution is 0.692. The van der Waals surface area contributed by atoms with Crippen molar-refractivity contribution < 1.29 is 0 Å². The van der Waals surface area contributed by atoms with Gasteiger partial charge in [-0.1, -0.05) is 11.6 Å². The van der Waals surface area contributed by atoms with E-state index in [2.05, 4.69) is 32.8 Å². The number of aromatic nitrogens is 1. The van der Waals surface area contributed by atoms with Crippen molar-refractivity contribution in [1.29, 1.82) is 0 Å². The molecule has 2 heterocycles. The fourth-order valence-electron chi connectivity index (χ4n) is 0.981. The summed E-state index contributed by atoms with van der Waals surface area (Å²) in [6, 6.07) is 1.94. The van der Waals surface area contributed by atoms with Gasteiger partial charge in [-0.25, -0.2) is 4.99 Å². The van der Waals surface area contributed by atoms with Crippen molar-refractivity contribution in [3.05, 3.63) is 17.8 Å². The molecule has 1 aliphatic heterocycles. The van der Waals surface area contributed by atoms with Gasteiger partial charge in [-0.3, -0.25) is 3.11 Å². The highest BCUT2D eigenvalue weighted by Crippen LogP contribution is 2.36. The Hall–Kier alpha value is -0.230. The van der Waals surface area contributed by atoms with Crippen LogP contribution >= 0.6 is 34.5 Å². The second kappa shape index (κ2) is 2.67. The first-order chi connectivity index (χ1) is 5.29. The number of aromatic amines is 1. The summed E-state index contributed by atoms with van der Waals surface area (Å²) in [5.41, 5.74) is 0.929. The van der Waals surface area contributed by atoms with E-state index < -0.39 is 0 Å². The van der Waals surface area contributed by atoms with Gasteiger partial charge in [-0.15, -0.1) is 0 Å². The molecule has 3 nitrogen and oxygen atoms in total. The predicted octanol–water partition coefficient (Wildman–Crippen LogP) is 2.58. The molecule has 0 bridgehead atoms. The van der Waals surface area contributed by atoms with Crippen LogP contribution < -0.4 is 0 Å². The average Bonchev–Trinajstić information content (AvgIpc) is 2.45. The molecule has 11 heavy (non-hydrogen) atoms. The average molecular weight is 281 g/mol. The van der Waals surface area contributed by atoms with Gasteiger partial charge in [0.1, 0.15) is 17.7 Å². The van der Waals surface area contributed by atoms with Crippen LogP contribution in [0.2, 0.25) is 0 Å². The fourth-order valence-corrected chi connectivity index (χ4v) is 1.63. The maximum absolute atomic E-state index is 6.05. The lowest BCUT2D eigenvalue weighted by Gasteiger charge is -2.20. The topological polar surface area (TPSA) is 31.4 Å². The second-order valence-electron chi connectivity index (χ2n) is 2.21. The summed E-state index contributed by atoms with van der Waals surface area (Å²) in [4.78, 5) is 7.13. The Morgan fingerprint density at radius 1 is 1.73 bits per heavy atom. The molecule has 2 rings (SSSR count). The molecule has 0 fully saturated rings. The largest absolute Gasteiger partial charge is 0.346 e. The quantitative estimate of drug-likeness (QED) is 0.337. The molecule has 0 saturated carbocycles. The molecule has 0 radical (unpaired) electrons. The van der Waals surface area contributed by atoms with Gasteiger partial charge >= 0.3 is 0 Å². The van der Waals surface area contributed by atoms with Crippen molar-refractivity contribution in [3.8, 4) is 0 Å². The second-order valence-corrected chi connectivity index (χ2v) is 3.73. The van der Waals surface area contributed by atoms with Gasteiger partial charge in [0.25, 0.3) is 0 Å². The molecular formula is C6H5ClIN3. The van der Waals surface area contributed by atoms with Gasteiger partial charge < -0.3 is 4.98 Å². The van der Waals surface area contributed by atoms with Crippen LogP contribution in [0.5, 0.6) is 0 Å². The molecule has 1 aromatic heterocycles. The Labute approximate surface area is 82.9 Å². The zero-order valence-electron chi connectivity index (χ0n) is 5.46. The minimum absolute atomic E-state index is 0.102. The summed E-state index contributed by atoms with van der Waals surface area (Å²) in [6.45, 7) is 0. The van der Waals surface area contributed by atoms with Crippen LogP contribution in [-0.2, 0) is 0 Å². The van der Waals surface area contributed by atoms with E-state index in [-0.39, 0.29) is 5.50 Å². The highest BCUT2D eigenvalue weighted by atomic mass is 127. The number of alkyl halides is 1. The minimum Gasteiger partial charge on any atom is -0.346 e. The predicted molar refractivity (Wildman–Crippen MR) is 53.4 cm³/mol. The number of aliphatic imine (C=N–C) groups is 1. The van der Waals surface area contributed by atoms with Crippen molar-refractivity contribution >= 4 is 46.6 Å². The lowest BCUT2D eigenvalue weighted by Crippen LogP contribution is -2.14. The van der Waals surface area contributed by atoms with Crippen LogP contribution in [0.15, 0.2) is 17.3 Å². The minimum atomic E-state index is -0.102. The third-order valence-corrected chi connectivity index (χ3v) is 3.11. The zero-order chi connectivity index (χ0) is 7.84. The number of H-pyrrole nitrogens is 1. The van der Waals surface area contributed by atoms with Gasteiger partial charge in [-0.2, -0.15) is 0 Å². The van der Waals surface area contributed by atoms with Crippen LogP contribution in [0.3, 0.4) is 0 Å². The number of nitrogens with one attached hydrogen (secondary N) is 1. The first kappa shape index (κ1) is 7.42. The van der Waals surface area contributed by atoms with Crippen LogP contribution in [0.1, 0.15) is 11.1 Å². The standard InChI is InChI=1S/C6H5ClIN3/c7-5-4-1-2-9-6(4)10-3-11(5)8/h1-3,5,9H. The summed E-state index contributed by atoms with van der Waals surface area (Å²) in [5.74, 6) is 0.859. The molecule has 0 spiro atoms. The first-order valence-electron chi connectivity index (χ1n) is 3.08. The first-order valence-corrected chi connectivity index (χ1v) is 4.49. The third kappa shape index (κ3) is 1.14. The Morgan fingerprint density at radius 3 is 3.36 bits per heavy atom. The van der Waals surface area contributed by atoms with E-state index in [0.29, 0.717) is 0 Å². The van der Waals surface area contributed by atoms with Crippen LogP contribution in [-0.4, -0.2) is 14.4 Å². The molecule has 5 heteroatoms. The Morgan fingerprint density at radius 2 is 2.55 bits per heavy atom. The van der Waals surface area contributed by atoms with E-state index >= 15 is 0 Å².